The van der Waals surface area contributed by atoms with Crippen LogP contribution in [0.25, 0.3) is 0 Å². The van der Waals surface area contributed by atoms with Crippen molar-refractivity contribution >= 4 is 23.4 Å². The molecule has 1 aliphatic rings. The van der Waals surface area contributed by atoms with E-state index in [2.05, 4.69) is 11.4 Å². The lowest BCUT2D eigenvalue weighted by molar-refractivity contribution is -0.142. The van der Waals surface area contributed by atoms with Crippen molar-refractivity contribution in [2.45, 2.75) is 71.5 Å². The number of nitrogens with zero attached hydrogens (tertiary/aromatic N) is 1. The van der Waals surface area contributed by atoms with Crippen LogP contribution in [0, 0.1) is 13.8 Å². The smallest absolute Gasteiger partial charge is 0.261 e. The highest BCUT2D eigenvalue weighted by atomic mass is 35.5. The van der Waals surface area contributed by atoms with Crippen LogP contribution in [0.3, 0.4) is 0 Å². The highest BCUT2D eigenvalue weighted by Gasteiger charge is 2.28. The van der Waals surface area contributed by atoms with Crippen molar-refractivity contribution in [3.63, 3.8) is 0 Å². The van der Waals surface area contributed by atoms with E-state index in [0.29, 0.717) is 10.8 Å². The summed E-state index contributed by atoms with van der Waals surface area (Å²) in [6.45, 7) is 5.85. The van der Waals surface area contributed by atoms with Gasteiger partial charge in [-0.05, 0) is 68.5 Å². The molecule has 3 rings (SSSR count). The molecule has 2 aromatic rings. The maximum Gasteiger partial charge on any atom is 0.261 e. The molecule has 1 atom stereocenters. The summed E-state index contributed by atoms with van der Waals surface area (Å²) in [7, 11) is 0. The molecule has 1 N–H and O–H groups in total. The highest BCUT2D eigenvalue weighted by molar-refractivity contribution is 6.31. The fraction of sp³-hybridized carbons (Fsp3) is 0.462. The number of aryl methyl sites for hydroxylation is 2. The van der Waals surface area contributed by atoms with E-state index >= 15 is 0 Å². The molecule has 0 aliphatic heterocycles. The molecule has 0 heterocycles. The second kappa shape index (κ2) is 11.4. The van der Waals surface area contributed by atoms with Gasteiger partial charge in [0.25, 0.3) is 5.91 Å². The summed E-state index contributed by atoms with van der Waals surface area (Å²) < 4.78 is 5.80. The standard InChI is InChI=1S/C26H33ClN2O3/c1-18-13-19(2)15-23(14-18)32-17-25(30)29(16-21-9-7-8-12-24(21)27)20(3)26(31)28-22-10-5-4-6-11-22/h7-9,12-15,20,22H,4-6,10-11,16-17H2,1-3H3,(H,28,31)/t20-/m0/s1. The van der Waals surface area contributed by atoms with Crippen LogP contribution < -0.4 is 10.1 Å². The van der Waals surface area contributed by atoms with Crippen LogP contribution in [0.4, 0.5) is 0 Å². The lowest BCUT2D eigenvalue weighted by Gasteiger charge is -2.31. The lowest BCUT2D eigenvalue weighted by atomic mass is 9.95. The van der Waals surface area contributed by atoms with Crippen molar-refractivity contribution < 1.29 is 14.3 Å². The number of nitrogens with one attached hydrogen (secondary N) is 1. The molecular formula is C26H33ClN2O3. The first-order chi connectivity index (χ1) is 15.3. The van der Waals surface area contributed by atoms with Crippen LogP contribution in [-0.4, -0.2) is 35.4 Å². The number of carbonyl (C=O) groups is 2. The Hall–Kier alpha value is -2.53. The fourth-order valence-corrected chi connectivity index (χ4v) is 4.40. The van der Waals surface area contributed by atoms with Gasteiger partial charge in [0.1, 0.15) is 11.8 Å². The zero-order chi connectivity index (χ0) is 23.1. The zero-order valence-electron chi connectivity index (χ0n) is 19.2. The first-order valence-electron chi connectivity index (χ1n) is 11.4. The van der Waals surface area contributed by atoms with Crippen LogP contribution in [0.5, 0.6) is 5.75 Å². The van der Waals surface area contributed by atoms with Crippen LogP contribution in [0.2, 0.25) is 5.02 Å². The summed E-state index contributed by atoms with van der Waals surface area (Å²) in [6.07, 6.45) is 5.46. The molecule has 1 aliphatic carbocycles. The first-order valence-corrected chi connectivity index (χ1v) is 11.8. The van der Waals surface area contributed by atoms with Crippen molar-refractivity contribution in [3.8, 4) is 5.75 Å². The Morgan fingerprint density at radius 1 is 1.09 bits per heavy atom. The van der Waals surface area contributed by atoms with Gasteiger partial charge in [0.2, 0.25) is 5.91 Å². The number of carbonyl (C=O) groups excluding carboxylic acids is 2. The van der Waals surface area contributed by atoms with Gasteiger partial charge in [0.05, 0.1) is 0 Å². The van der Waals surface area contributed by atoms with Gasteiger partial charge in [-0.1, -0.05) is 55.1 Å². The van der Waals surface area contributed by atoms with Crippen LogP contribution in [0.1, 0.15) is 55.7 Å². The summed E-state index contributed by atoms with van der Waals surface area (Å²) in [5.41, 5.74) is 2.94. The largest absolute Gasteiger partial charge is 0.484 e. The Bertz CT molecular complexity index is 920. The zero-order valence-corrected chi connectivity index (χ0v) is 20.0. The summed E-state index contributed by atoms with van der Waals surface area (Å²) >= 11 is 6.35. The SMILES string of the molecule is Cc1cc(C)cc(OCC(=O)N(Cc2ccccc2Cl)[C@@H](C)C(=O)NC2CCCCC2)c1. The minimum Gasteiger partial charge on any atom is -0.484 e. The predicted octanol–water partition coefficient (Wildman–Crippen LogP) is 5.20. The summed E-state index contributed by atoms with van der Waals surface area (Å²) in [6, 6.07) is 12.8. The first kappa shape index (κ1) is 24.1. The van der Waals surface area contributed by atoms with Crippen molar-refractivity contribution in [2.75, 3.05) is 6.61 Å². The summed E-state index contributed by atoms with van der Waals surface area (Å²) in [5.74, 6) is 0.256. The third kappa shape index (κ3) is 6.73. The van der Waals surface area contributed by atoms with E-state index in [-0.39, 0.29) is 31.0 Å². The van der Waals surface area contributed by atoms with Gasteiger partial charge < -0.3 is 15.0 Å². The number of hydrogen-bond donors (Lipinski definition) is 1. The minimum absolute atomic E-state index is 0.135. The predicted molar refractivity (Wildman–Crippen MR) is 128 cm³/mol. The van der Waals surface area contributed by atoms with Crippen LogP contribution in [0.15, 0.2) is 42.5 Å². The Labute approximate surface area is 196 Å². The number of amides is 2. The van der Waals surface area contributed by atoms with Crippen molar-refractivity contribution in [1.29, 1.82) is 0 Å². The molecule has 0 aromatic heterocycles. The second-order valence-corrected chi connectivity index (χ2v) is 9.15. The second-order valence-electron chi connectivity index (χ2n) is 8.74. The number of halogens is 1. The third-order valence-corrected chi connectivity index (χ3v) is 6.34. The molecule has 172 valence electrons. The Morgan fingerprint density at radius 2 is 1.75 bits per heavy atom. The Balaban J connectivity index is 1.73. The quantitative estimate of drug-likeness (QED) is 0.593. The molecule has 0 spiro atoms. The highest BCUT2D eigenvalue weighted by Crippen LogP contribution is 2.21. The third-order valence-electron chi connectivity index (χ3n) is 5.97. The molecule has 2 aromatic carbocycles. The van der Waals surface area contributed by atoms with Gasteiger partial charge in [-0.2, -0.15) is 0 Å². The molecule has 1 fully saturated rings. The van der Waals surface area contributed by atoms with E-state index in [1.54, 1.807) is 17.9 Å². The Morgan fingerprint density at radius 3 is 2.41 bits per heavy atom. The summed E-state index contributed by atoms with van der Waals surface area (Å²) in [5, 5.41) is 3.71. The van der Waals surface area contributed by atoms with E-state index in [1.165, 1.54) is 6.42 Å². The normalized spacial score (nSPS) is 15.1. The molecule has 5 nitrogen and oxygen atoms in total. The number of rotatable bonds is 8. The van der Waals surface area contributed by atoms with E-state index in [4.69, 9.17) is 16.3 Å². The number of benzene rings is 2. The maximum absolute atomic E-state index is 13.2. The van der Waals surface area contributed by atoms with Gasteiger partial charge in [-0.3, -0.25) is 9.59 Å². The lowest BCUT2D eigenvalue weighted by Crippen LogP contribution is -2.51. The monoisotopic (exact) mass is 456 g/mol. The van der Waals surface area contributed by atoms with E-state index in [1.807, 2.05) is 44.2 Å². The molecule has 0 radical (unpaired) electrons. The van der Waals surface area contributed by atoms with Crippen LogP contribution >= 0.6 is 11.6 Å². The molecular weight excluding hydrogens is 424 g/mol. The molecule has 0 saturated heterocycles. The average Bonchev–Trinajstić information content (AvgIpc) is 2.76. The van der Waals surface area contributed by atoms with E-state index < -0.39 is 6.04 Å². The van der Waals surface area contributed by atoms with Crippen molar-refractivity contribution in [1.82, 2.24) is 10.2 Å². The topological polar surface area (TPSA) is 58.6 Å². The van der Waals surface area contributed by atoms with Gasteiger partial charge in [-0.15, -0.1) is 0 Å². The van der Waals surface area contributed by atoms with Crippen molar-refractivity contribution in [3.05, 3.63) is 64.2 Å². The molecule has 2 amide bonds. The molecule has 1 saturated carbocycles. The molecule has 0 bridgehead atoms. The minimum atomic E-state index is -0.636. The van der Waals surface area contributed by atoms with Crippen molar-refractivity contribution in [2.24, 2.45) is 0 Å². The van der Waals surface area contributed by atoms with Crippen LogP contribution in [-0.2, 0) is 16.1 Å². The maximum atomic E-state index is 13.2. The van der Waals surface area contributed by atoms with E-state index in [0.717, 1.165) is 42.4 Å². The number of ether oxygens (including phenoxy) is 1. The van der Waals surface area contributed by atoms with E-state index in [9.17, 15) is 9.59 Å². The molecule has 6 heteroatoms. The molecule has 32 heavy (non-hydrogen) atoms. The van der Waals surface area contributed by atoms with Gasteiger partial charge in [0, 0.05) is 17.6 Å². The van der Waals surface area contributed by atoms with Gasteiger partial charge >= 0.3 is 0 Å². The fourth-order valence-electron chi connectivity index (χ4n) is 4.21. The molecule has 0 unspecified atom stereocenters. The average molecular weight is 457 g/mol. The summed E-state index contributed by atoms with van der Waals surface area (Å²) in [4.78, 5) is 27.8. The van der Waals surface area contributed by atoms with Gasteiger partial charge in [0.15, 0.2) is 6.61 Å². The van der Waals surface area contributed by atoms with Gasteiger partial charge in [-0.25, -0.2) is 0 Å². The number of hydrogen-bond acceptors (Lipinski definition) is 3. The Kier molecular flexibility index (Phi) is 8.57.